The summed E-state index contributed by atoms with van der Waals surface area (Å²) in [5, 5.41) is 9.05. The van der Waals surface area contributed by atoms with Crippen LogP contribution in [0.25, 0.3) is 6.08 Å². The summed E-state index contributed by atoms with van der Waals surface area (Å²) in [6.45, 7) is 7.42. The normalized spacial score (nSPS) is 11.4. The number of hydrogen-bond donors (Lipinski definition) is 2. The van der Waals surface area contributed by atoms with Crippen molar-refractivity contribution in [1.82, 2.24) is 4.98 Å². The van der Waals surface area contributed by atoms with Crippen LogP contribution in [0.3, 0.4) is 0 Å². The third kappa shape index (κ3) is 3.32. The smallest absolute Gasteiger partial charge is 0.337 e. The highest BCUT2D eigenvalue weighted by atomic mass is 16.4. The zero-order chi connectivity index (χ0) is 13.9. The lowest BCUT2D eigenvalue weighted by atomic mass is 10.1. The number of hydrogen-bond acceptors (Lipinski definition) is 2. The van der Waals surface area contributed by atoms with E-state index in [9.17, 15) is 9.59 Å². The third-order valence-corrected chi connectivity index (χ3v) is 2.74. The molecule has 1 heterocycles. The summed E-state index contributed by atoms with van der Waals surface area (Å²) in [5.41, 5.74) is 2.23. The first kappa shape index (κ1) is 14.2. The molecule has 18 heavy (non-hydrogen) atoms. The Bertz CT molecular complexity index is 495. The second-order valence-electron chi connectivity index (χ2n) is 4.87. The lowest BCUT2D eigenvalue weighted by molar-refractivity contribution is -0.115. The van der Waals surface area contributed by atoms with Crippen molar-refractivity contribution < 1.29 is 14.7 Å². The maximum Gasteiger partial charge on any atom is 0.337 e. The Morgan fingerprint density at radius 2 is 1.94 bits per heavy atom. The monoisotopic (exact) mass is 249 g/mol. The number of H-pyrrole nitrogens is 1. The molecule has 1 rings (SSSR count). The largest absolute Gasteiger partial charge is 0.478 e. The molecule has 0 saturated heterocycles. The molecule has 0 aliphatic carbocycles. The molecule has 0 bridgehead atoms. The predicted molar refractivity (Wildman–Crippen MR) is 70.7 cm³/mol. The molecule has 1 aromatic rings. The predicted octanol–water partition coefficient (Wildman–Crippen LogP) is 2.96. The van der Waals surface area contributed by atoms with E-state index in [1.807, 2.05) is 13.8 Å². The Hall–Kier alpha value is -1.84. The van der Waals surface area contributed by atoms with Crippen molar-refractivity contribution in [2.75, 3.05) is 0 Å². The first-order chi connectivity index (χ1) is 8.32. The van der Waals surface area contributed by atoms with E-state index in [1.54, 1.807) is 19.9 Å². The number of carboxylic acid groups (broad SMARTS) is 1. The van der Waals surface area contributed by atoms with E-state index in [1.165, 1.54) is 6.08 Å². The number of carboxylic acids is 1. The van der Waals surface area contributed by atoms with E-state index >= 15 is 0 Å². The molecule has 1 aromatic heterocycles. The minimum Gasteiger partial charge on any atom is -0.478 e. The van der Waals surface area contributed by atoms with E-state index in [-0.39, 0.29) is 11.3 Å². The summed E-state index contributed by atoms with van der Waals surface area (Å²) in [6, 6.07) is 0. The molecule has 0 atom stereocenters. The van der Waals surface area contributed by atoms with Crippen LogP contribution in [0, 0.1) is 19.8 Å². The number of aromatic nitrogens is 1. The standard InChI is InChI=1S/C14H19NO3/c1-8(2)7-11(16)5-6-12-9(3)13(14(17)18)10(4)15-12/h5-6,8,15H,7H2,1-4H3,(H,17,18). The molecule has 0 saturated carbocycles. The van der Waals surface area contributed by atoms with Gasteiger partial charge in [-0.25, -0.2) is 4.79 Å². The Balaban J connectivity index is 2.93. The lowest BCUT2D eigenvalue weighted by Crippen LogP contribution is -1.99. The lowest BCUT2D eigenvalue weighted by Gasteiger charge is -1.98. The van der Waals surface area contributed by atoms with Crippen LogP contribution in [-0.2, 0) is 4.79 Å². The van der Waals surface area contributed by atoms with Crippen LogP contribution in [0.4, 0.5) is 0 Å². The molecule has 2 N–H and O–H groups in total. The zero-order valence-electron chi connectivity index (χ0n) is 11.2. The molecule has 0 fully saturated rings. The van der Waals surface area contributed by atoms with E-state index in [2.05, 4.69) is 4.98 Å². The van der Waals surface area contributed by atoms with Gasteiger partial charge in [0.15, 0.2) is 5.78 Å². The minimum absolute atomic E-state index is 0.0496. The first-order valence-electron chi connectivity index (χ1n) is 5.96. The van der Waals surface area contributed by atoms with E-state index in [4.69, 9.17) is 5.11 Å². The second kappa shape index (κ2) is 5.67. The molecule has 98 valence electrons. The number of carbonyl (C=O) groups is 2. The van der Waals surface area contributed by atoms with Crippen molar-refractivity contribution >= 4 is 17.8 Å². The summed E-state index contributed by atoms with van der Waals surface area (Å²) < 4.78 is 0. The molecule has 4 nitrogen and oxygen atoms in total. The molecular formula is C14H19NO3. The van der Waals surface area contributed by atoms with Crippen LogP contribution in [0.1, 0.15) is 47.6 Å². The third-order valence-electron chi connectivity index (χ3n) is 2.74. The van der Waals surface area contributed by atoms with Gasteiger partial charge in [-0.2, -0.15) is 0 Å². The zero-order valence-corrected chi connectivity index (χ0v) is 11.2. The molecule has 0 unspecified atom stereocenters. The number of aromatic amines is 1. The van der Waals surface area contributed by atoms with Gasteiger partial charge in [-0.05, 0) is 37.5 Å². The summed E-state index contributed by atoms with van der Waals surface area (Å²) in [5.74, 6) is -0.578. The molecule has 0 amide bonds. The number of aryl methyl sites for hydroxylation is 1. The highest BCUT2D eigenvalue weighted by Gasteiger charge is 2.15. The number of rotatable bonds is 5. The fourth-order valence-electron chi connectivity index (χ4n) is 1.91. The first-order valence-corrected chi connectivity index (χ1v) is 5.96. The van der Waals surface area contributed by atoms with Crippen molar-refractivity contribution in [3.63, 3.8) is 0 Å². The van der Waals surface area contributed by atoms with Gasteiger partial charge < -0.3 is 10.1 Å². The highest BCUT2D eigenvalue weighted by Crippen LogP contribution is 2.19. The van der Waals surface area contributed by atoms with Crippen LogP contribution in [0.15, 0.2) is 6.08 Å². The van der Waals surface area contributed by atoms with Gasteiger partial charge in [-0.1, -0.05) is 13.8 Å². The van der Waals surface area contributed by atoms with Crippen LogP contribution in [0.2, 0.25) is 0 Å². The van der Waals surface area contributed by atoms with Gasteiger partial charge in [0.25, 0.3) is 0 Å². The van der Waals surface area contributed by atoms with Crippen molar-refractivity contribution in [1.29, 1.82) is 0 Å². The molecule has 0 radical (unpaired) electrons. The van der Waals surface area contributed by atoms with Crippen molar-refractivity contribution in [2.24, 2.45) is 5.92 Å². The number of ketones is 1. The summed E-state index contributed by atoms with van der Waals surface area (Å²) in [6.07, 6.45) is 3.66. The maximum absolute atomic E-state index is 11.5. The summed E-state index contributed by atoms with van der Waals surface area (Å²) >= 11 is 0. The van der Waals surface area contributed by atoms with Crippen LogP contribution in [0.5, 0.6) is 0 Å². The number of aromatic carboxylic acids is 1. The summed E-state index contributed by atoms with van der Waals surface area (Å²) in [7, 11) is 0. The van der Waals surface area contributed by atoms with Gasteiger partial charge in [-0.3, -0.25) is 4.79 Å². The van der Waals surface area contributed by atoms with Crippen LogP contribution < -0.4 is 0 Å². The van der Waals surface area contributed by atoms with Crippen molar-refractivity contribution in [3.8, 4) is 0 Å². The molecule has 0 aliphatic rings. The van der Waals surface area contributed by atoms with Crippen LogP contribution in [-0.4, -0.2) is 21.8 Å². The average molecular weight is 249 g/mol. The Morgan fingerprint density at radius 3 is 2.39 bits per heavy atom. The fraction of sp³-hybridized carbons (Fsp3) is 0.429. The molecule has 0 spiro atoms. The topological polar surface area (TPSA) is 70.2 Å². The maximum atomic E-state index is 11.5. The van der Waals surface area contributed by atoms with Crippen molar-refractivity contribution in [3.05, 3.63) is 28.6 Å². The minimum atomic E-state index is -0.950. The van der Waals surface area contributed by atoms with Gasteiger partial charge in [0.05, 0.1) is 5.56 Å². The van der Waals surface area contributed by atoms with Gasteiger partial charge in [0.2, 0.25) is 0 Å². The molecular weight excluding hydrogens is 230 g/mol. The second-order valence-corrected chi connectivity index (χ2v) is 4.87. The number of carbonyl (C=O) groups excluding carboxylic acids is 1. The molecule has 0 aliphatic heterocycles. The molecule has 4 heteroatoms. The van der Waals surface area contributed by atoms with Gasteiger partial charge in [-0.15, -0.1) is 0 Å². The SMILES string of the molecule is Cc1[nH]c(C=CC(=O)CC(C)C)c(C)c1C(=O)O. The Labute approximate surface area is 107 Å². The van der Waals surface area contributed by atoms with Crippen molar-refractivity contribution in [2.45, 2.75) is 34.1 Å². The van der Waals surface area contributed by atoms with E-state index < -0.39 is 5.97 Å². The number of nitrogens with one attached hydrogen (secondary N) is 1. The van der Waals surface area contributed by atoms with E-state index in [0.29, 0.717) is 29.3 Å². The van der Waals surface area contributed by atoms with Gasteiger partial charge >= 0.3 is 5.97 Å². The Kier molecular flexibility index (Phi) is 4.48. The number of allylic oxidation sites excluding steroid dienone is 1. The average Bonchev–Trinajstić information content (AvgIpc) is 2.49. The van der Waals surface area contributed by atoms with Crippen LogP contribution >= 0.6 is 0 Å². The summed E-state index contributed by atoms with van der Waals surface area (Å²) in [4.78, 5) is 25.6. The fourth-order valence-corrected chi connectivity index (χ4v) is 1.91. The van der Waals surface area contributed by atoms with Gasteiger partial charge in [0.1, 0.15) is 0 Å². The quantitative estimate of drug-likeness (QED) is 0.788. The Morgan fingerprint density at radius 1 is 1.33 bits per heavy atom. The highest BCUT2D eigenvalue weighted by molar-refractivity contribution is 5.95. The molecule has 0 aromatic carbocycles. The van der Waals surface area contributed by atoms with Gasteiger partial charge in [0, 0.05) is 17.8 Å². The van der Waals surface area contributed by atoms with E-state index in [0.717, 1.165) is 0 Å².